The van der Waals surface area contributed by atoms with Crippen LogP contribution < -0.4 is 5.32 Å². The molecule has 18 heavy (non-hydrogen) atoms. The molecule has 1 saturated heterocycles. The monoisotopic (exact) mass is 243 g/mol. The van der Waals surface area contributed by atoms with E-state index in [0.717, 1.165) is 25.1 Å². The third kappa shape index (κ3) is 2.65. The molecule has 1 fully saturated rings. The summed E-state index contributed by atoms with van der Waals surface area (Å²) in [4.78, 5) is 2.31. The Labute approximate surface area is 109 Å². The number of nitrogens with one attached hydrogen (secondary N) is 1. The quantitative estimate of drug-likeness (QED) is 0.868. The van der Waals surface area contributed by atoms with Gasteiger partial charge in [0, 0.05) is 18.3 Å². The summed E-state index contributed by atoms with van der Waals surface area (Å²) in [5.74, 6) is 0. The molecule has 0 radical (unpaired) electrons. The van der Waals surface area contributed by atoms with Gasteiger partial charge in [0.25, 0.3) is 0 Å². The lowest BCUT2D eigenvalue weighted by Crippen LogP contribution is -2.51. The molecule has 1 N–H and O–H groups in total. The Morgan fingerprint density at radius 3 is 2.61 bits per heavy atom. The van der Waals surface area contributed by atoms with Gasteiger partial charge in [0.15, 0.2) is 0 Å². The average Bonchev–Trinajstić information content (AvgIpc) is 2.37. The molecular weight excluding hydrogens is 222 g/mol. The molecule has 2 atom stereocenters. The molecular formula is C15H21N3. The van der Waals surface area contributed by atoms with Gasteiger partial charge in [-0.25, -0.2) is 0 Å². The molecule has 0 aromatic heterocycles. The number of hydrogen-bond acceptors (Lipinski definition) is 3. The second-order valence-electron chi connectivity index (χ2n) is 5.47. The van der Waals surface area contributed by atoms with Crippen molar-refractivity contribution in [2.75, 3.05) is 18.9 Å². The molecule has 2 unspecified atom stereocenters. The normalized spacial score (nSPS) is 28.7. The van der Waals surface area contributed by atoms with Gasteiger partial charge in [-0.05, 0) is 45.9 Å². The van der Waals surface area contributed by atoms with E-state index in [1.165, 1.54) is 5.56 Å². The first-order valence-electron chi connectivity index (χ1n) is 6.51. The number of piperidine rings is 1. The van der Waals surface area contributed by atoms with Crippen LogP contribution in [-0.4, -0.2) is 30.1 Å². The highest BCUT2D eigenvalue weighted by atomic mass is 15.2. The highest BCUT2D eigenvalue weighted by Crippen LogP contribution is 2.29. The van der Waals surface area contributed by atoms with Crippen LogP contribution in [0.25, 0.3) is 0 Å². The van der Waals surface area contributed by atoms with Crippen molar-refractivity contribution < 1.29 is 0 Å². The van der Waals surface area contributed by atoms with Gasteiger partial charge in [-0.15, -0.1) is 0 Å². The molecule has 0 aliphatic carbocycles. The van der Waals surface area contributed by atoms with Crippen molar-refractivity contribution in [3.8, 4) is 6.07 Å². The van der Waals surface area contributed by atoms with Gasteiger partial charge in [0.2, 0.25) is 0 Å². The summed E-state index contributed by atoms with van der Waals surface area (Å²) < 4.78 is 0. The summed E-state index contributed by atoms with van der Waals surface area (Å²) in [6, 6.07) is 11.2. The molecule has 3 heteroatoms. The van der Waals surface area contributed by atoms with Crippen LogP contribution in [0.3, 0.4) is 0 Å². The van der Waals surface area contributed by atoms with E-state index in [1.807, 2.05) is 0 Å². The lowest BCUT2D eigenvalue weighted by atomic mass is 9.85. The number of likely N-dealkylation sites (tertiary alicyclic amines) is 1. The van der Waals surface area contributed by atoms with Crippen LogP contribution in [-0.2, 0) is 0 Å². The predicted molar refractivity (Wildman–Crippen MR) is 74.5 cm³/mol. The van der Waals surface area contributed by atoms with E-state index in [4.69, 9.17) is 0 Å². The molecule has 0 bridgehead atoms. The first kappa shape index (κ1) is 12.9. The SMILES string of the molecule is Cc1ccc(NC2(C#N)CCN(C)C(C)C2)cc1. The average molecular weight is 243 g/mol. The Morgan fingerprint density at radius 2 is 2.06 bits per heavy atom. The van der Waals surface area contributed by atoms with Crippen molar-refractivity contribution in [3.63, 3.8) is 0 Å². The molecule has 96 valence electrons. The highest BCUT2D eigenvalue weighted by molar-refractivity contribution is 5.49. The lowest BCUT2D eigenvalue weighted by Gasteiger charge is -2.41. The van der Waals surface area contributed by atoms with Gasteiger partial charge >= 0.3 is 0 Å². The van der Waals surface area contributed by atoms with Crippen molar-refractivity contribution in [1.29, 1.82) is 5.26 Å². The summed E-state index contributed by atoms with van der Waals surface area (Å²) in [6.07, 6.45) is 1.74. The molecule has 3 nitrogen and oxygen atoms in total. The van der Waals surface area contributed by atoms with Gasteiger partial charge < -0.3 is 10.2 Å². The molecule has 1 aromatic carbocycles. The van der Waals surface area contributed by atoms with Crippen LogP contribution in [0.15, 0.2) is 24.3 Å². The van der Waals surface area contributed by atoms with Crippen molar-refractivity contribution >= 4 is 5.69 Å². The first-order valence-corrected chi connectivity index (χ1v) is 6.51. The van der Waals surface area contributed by atoms with E-state index >= 15 is 0 Å². The van der Waals surface area contributed by atoms with E-state index < -0.39 is 5.54 Å². The zero-order chi connectivity index (χ0) is 13.2. The van der Waals surface area contributed by atoms with Gasteiger partial charge in [-0.3, -0.25) is 0 Å². The van der Waals surface area contributed by atoms with Gasteiger partial charge in [0.1, 0.15) is 5.54 Å². The van der Waals surface area contributed by atoms with E-state index in [2.05, 4.69) is 61.4 Å². The fourth-order valence-corrected chi connectivity index (χ4v) is 2.51. The van der Waals surface area contributed by atoms with Crippen molar-refractivity contribution in [3.05, 3.63) is 29.8 Å². The second-order valence-corrected chi connectivity index (χ2v) is 5.47. The zero-order valence-corrected chi connectivity index (χ0v) is 11.4. The van der Waals surface area contributed by atoms with E-state index in [1.54, 1.807) is 0 Å². The Bertz CT molecular complexity index is 446. The second kappa shape index (κ2) is 4.99. The molecule has 0 amide bonds. The molecule has 1 aromatic rings. The van der Waals surface area contributed by atoms with Crippen LogP contribution in [0.4, 0.5) is 5.69 Å². The molecule has 0 saturated carbocycles. The molecule has 1 aliphatic rings. The van der Waals surface area contributed by atoms with Crippen LogP contribution in [0.2, 0.25) is 0 Å². The summed E-state index contributed by atoms with van der Waals surface area (Å²) in [7, 11) is 2.12. The van der Waals surface area contributed by atoms with Crippen molar-refractivity contribution in [2.24, 2.45) is 0 Å². The van der Waals surface area contributed by atoms with Crippen LogP contribution >= 0.6 is 0 Å². The number of hydrogen-bond donors (Lipinski definition) is 1. The minimum Gasteiger partial charge on any atom is -0.367 e. The summed E-state index contributed by atoms with van der Waals surface area (Å²) in [6.45, 7) is 5.22. The fraction of sp³-hybridized carbons (Fsp3) is 0.533. The van der Waals surface area contributed by atoms with E-state index in [0.29, 0.717) is 6.04 Å². The highest BCUT2D eigenvalue weighted by Gasteiger charge is 2.37. The molecule has 1 aliphatic heterocycles. The minimum atomic E-state index is -0.415. The standard InChI is InChI=1S/C15H21N3/c1-12-4-6-14(7-5-12)17-15(11-16)8-9-18(3)13(2)10-15/h4-7,13,17H,8-10H2,1-3H3. The zero-order valence-electron chi connectivity index (χ0n) is 11.4. The topological polar surface area (TPSA) is 39.1 Å². The van der Waals surface area contributed by atoms with E-state index in [9.17, 15) is 5.26 Å². The third-order valence-electron chi connectivity index (χ3n) is 3.94. The number of benzene rings is 1. The summed E-state index contributed by atoms with van der Waals surface area (Å²) >= 11 is 0. The summed E-state index contributed by atoms with van der Waals surface area (Å²) in [5, 5.41) is 13.0. The Morgan fingerprint density at radius 1 is 1.39 bits per heavy atom. The largest absolute Gasteiger partial charge is 0.367 e. The number of rotatable bonds is 2. The fourth-order valence-electron chi connectivity index (χ4n) is 2.51. The third-order valence-corrected chi connectivity index (χ3v) is 3.94. The van der Waals surface area contributed by atoms with Gasteiger partial charge in [-0.1, -0.05) is 17.7 Å². The van der Waals surface area contributed by atoms with Gasteiger partial charge in [-0.2, -0.15) is 5.26 Å². The van der Waals surface area contributed by atoms with Crippen molar-refractivity contribution in [1.82, 2.24) is 4.90 Å². The minimum absolute atomic E-state index is 0.415. The number of nitriles is 1. The van der Waals surface area contributed by atoms with Gasteiger partial charge in [0.05, 0.1) is 6.07 Å². The first-order chi connectivity index (χ1) is 8.54. The Hall–Kier alpha value is -1.53. The van der Waals surface area contributed by atoms with E-state index in [-0.39, 0.29) is 0 Å². The van der Waals surface area contributed by atoms with Crippen LogP contribution in [0.1, 0.15) is 25.3 Å². The van der Waals surface area contributed by atoms with Crippen molar-refractivity contribution in [2.45, 2.75) is 38.3 Å². The maximum atomic E-state index is 9.53. The van der Waals surface area contributed by atoms with Crippen LogP contribution in [0, 0.1) is 18.3 Å². The maximum Gasteiger partial charge on any atom is 0.128 e. The summed E-state index contributed by atoms with van der Waals surface area (Å²) in [5.41, 5.74) is 1.86. The number of nitrogens with zero attached hydrogens (tertiary/aromatic N) is 2. The number of aryl methyl sites for hydroxylation is 1. The Balaban J connectivity index is 2.14. The number of anilines is 1. The smallest absolute Gasteiger partial charge is 0.128 e. The van der Waals surface area contributed by atoms with Crippen LogP contribution in [0.5, 0.6) is 0 Å². The Kier molecular flexibility index (Phi) is 3.58. The molecule has 1 heterocycles. The predicted octanol–water partition coefficient (Wildman–Crippen LogP) is 2.78. The maximum absolute atomic E-state index is 9.53. The molecule has 0 spiro atoms. The molecule has 2 rings (SSSR count). The lowest BCUT2D eigenvalue weighted by molar-refractivity contribution is 0.167.